The van der Waals surface area contributed by atoms with Gasteiger partial charge in [-0.15, -0.1) is 0 Å². The maximum atomic E-state index is 11.4. The Morgan fingerprint density at radius 1 is 1.15 bits per heavy atom. The number of imidazole rings is 1. The van der Waals surface area contributed by atoms with E-state index < -0.39 is 6.10 Å². The molecule has 1 atom stereocenters. The first-order valence-electron chi connectivity index (χ1n) is 12.1. The summed E-state index contributed by atoms with van der Waals surface area (Å²) in [5.74, 6) is 1.93. The van der Waals surface area contributed by atoms with E-state index in [9.17, 15) is 10.4 Å². The molecule has 1 saturated carbocycles. The molecule has 0 spiro atoms. The Kier molecular flexibility index (Phi) is 6.77. The Labute approximate surface area is 204 Å². The highest BCUT2D eigenvalue weighted by atomic mass is 35.5. The number of nitrogens with zero attached hydrogens (tertiary/aromatic N) is 6. The number of fused-ring (bicyclic) bond motifs is 1. The van der Waals surface area contributed by atoms with Crippen LogP contribution < -0.4 is 0 Å². The van der Waals surface area contributed by atoms with E-state index in [1.54, 1.807) is 18.5 Å². The first-order chi connectivity index (χ1) is 16.5. The van der Waals surface area contributed by atoms with Crippen molar-refractivity contribution in [3.8, 4) is 17.3 Å². The zero-order valence-electron chi connectivity index (χ0n) is 19.3. The number of hydrogen-bond acceptors (Lipinski definition) is 7. The molecule has 0 radical (unpaired) electrons. The number of rotatable bonds is 5. The number of aliphatic hydroxyl groups is 1. The highest BCUT2D eigenvalue weighted by molar-refractivity contribution is 6.30. The van der Waals surface area contributed by atoms with Gasteiger partial charge in [-0.25, -0.2) is 9.97 Å². The fourth-order valence-electron chi connectivity index (χ4n) is 5.27. The molecule has 5 rings (SSSR count). The molecular weight excluding hydrogens is 452 g/mol. The van der Waals surface area contributed by atoms with E-state index in [1.165, 1.54) is 12.8 Å². The molecule has 1 N–H and O–H groups in total. The van der Waals surface area contributed by atoms with Gasteiger partial charge in [-0.2, -0.15) is 10.2 Å². The van der Waals surface area contributed by atoms with Crippen molar-refractivity contribution < 1.29 is 9.84 Å². The minimum atomic E-state index is -0.739. The molecule has 1 aliphatic carbocycles. The van der Waals surface area contributed by atoms with Gasteiger partial charge in [-0.1, -0.05) is 31.4 Å². The molecule has 4 heterocycles. The predicted octanol–water partition coefficient (Wildman–Crippen LogP) is 4.70. The minimum Gasteiger partial charge on any atom is -0.385 e. The van der Waals surface area contributed by atoms with Crippen LogP contribution in [0.5, 0.6) is 0 Å². The fourth-order valence-corrected chi connectivity index (χ4v) is 5.44. The largest absolute Gasteiger partial charge is 0.385 e. The second kappa shape index (κ2) is 9.95. The zero-order chi connectivity index (χ0) is 23.7. The van der Waals surface area contributed by atoms with Gasteiger partial charge in [-0.3, -0.25) is 4.98 Å². The maximum absolute atomic E-state index is 11.4. The lowest BCUT2D eigenvalue weighted by Crippen LogP contribution is -2.26. The Bertz CT molecular complexity index is 1210. The van der Waals surface area contributed by atoms with Gasteiger partial charge in [0, 0.05) is 37.7 Å². The fraction of sp³-hybridized carbons (Fsp3) is 0.560. The van der Waals surface area contributed by atoms with Crippen molar-refractivity contribution in [3.63, 3.8) is 0 Å². The summed E-state index contributed by atoms with van der Waals surface area (Å²) >= 11 is 6.24. The third-order valence-corrected chi connectivity index (χ3v) is 7.47. The third-order valence-electron chi connectivity index (χ3n) is 7.26. The van der Waals surface area contributed by atoms with Crippen molar-refractivity contribution in [1.29, 1.82) is 5.26 Å². The highest BCUT2D eigenvalue weighted by Crippen LogP contribution is 2.37. The Balaban J connectivity index is 1.67. The Hall–Kier alpha value is -2.60. The van der Waals surface area contributed by atoms with Crippen LogP contribution in [-0.2, 0) is 11.3 Å². The quantitative estimate of drug-likeness (QED) is 0.563. The van der Waals surface area contributed by atoms with Gasteiger partial charge in [-0.05, 0) is 49.5 Å². The highest BCUT2D eigenvalue weighted by Gasteiger charge is 2.31. The molecule has 1 unspecified atom stereocenters. The average molecular weight is 481 g/mol. The first kappa shape index (κ1) is 23.2. The summed E-state index contributed by atoms with van der Waals surface area (Å²) in [5, 5.41) is 21.5. The molecule has 1 aliphatic heterocycles. The predicted molar refractivity (Wildman–Crippen MR) is 128 cm³/mol. The van der Waals surface area contributed by atoms with E-state index in [0.717, 1.165) is 43.7 Å². The summed E-state index contributed by atoms with van der Waals surface area (Å²) in [5.41, 5.74) is 2.41. The standard InChI is InChI=1S/C25H29ClN6O2/c1-15-2-4-16(5-3-15)14-32-22-21(18-10-19(26)13-28-12-18)29-20(11-27)30-24(22)31-25(32)23(33)17-6-8-34-9-7-17/h10,12-13,15-17,23,33H,2-9,14H2,1H3/t15-,16-,23?. The van der Waals surface area contributed by atoms with Crippen molar-refractivity contribution >= 4 is 22.8 Å². The Morgan fingerprint density at radius 2 is 1.91 bits per heavy atom. The maximum Gasteiger partial charge on any atom is 0.234 e. The molecule has 8 nitrogen and oxygen atoms in total. The number of halogens is 1. The van der Waals surface area contributed by atoms with Crippen LogP contribution in [0.25, 0.3) is 22.4 Å². The molecule has 0 amide bonds. The lowest BCUT2D eigenvalue weighted by molar-refractivity contribution is 0.00228. The van der Waals surface area contributed by atoms with Crippen LogP contribution in [0.4, 0.5) is 0 Å². The van der Waals surface area contributed by atoms with Crippen LogP contribution in [0.3, 0.4) is 0 Å². The van der Waals surface area contributed by atoms with Crippen molar-refractivity contribution in [2.24, 2.45) is 17.8 Å². The van der Waals surface area contributed by atoms with Gasteiger partial charge >= 0.3 is 0 Å². The van der Waals surface area contributed by atoms with E-state index in [1.807, 2.05) is 6.07 Å². The lowest BCUT2D eigenvalue weighted by Gasteiger charge is -2.30. The molecule has 178 valence electrons. The Morgan fingerprint density at radius 3 is 2.62 bits per heavy atom. The smallest absolute Gasteiger partial charge is 0.234 e. The molecule has 3 aromatic heterocycles. The number of aliphatic hydroxyl groups excluding tert-OH is 1. The molecule has 9 heteroatoms. The van der Waals surface area contributed by atoms with E-state index >= 15 is 0 Å². The zero-order valence-corrected chi connectivity index (χ0v) is 20.1. The van der Waals surface area contributed by atoms with E-state index in [4.69, 9.17) is 21.3 Å². The third kappa shape index (κ3) is 4.65. The summed E-state index contributed by atoms with van der Waals surface area (Å²) in [7, 11) is 0. The van der Waals surface area contributed by atoms with Crippen molar-refractivity contribution in [3.05, 3.63) is 35.1 Å². The molecule has 3 aromatic rings. The van der Waals surface area contributed by atoms with Gasteiger partial charge in [0.05, 0.1) is 5.02 Å². The number of nitriles is 1. The van der Waals surface area contributed by atoms with Crippen molar-refractivity contribution in [2.75, 3.05) is 13.2 Å². The van der Waals surface area contributed by atoms with Crippen LogP contribution in [0.15, 0.2) is 18.5 Å². The SMILES string of the molecule is C[C@H]1CC[C@H](Cn2c(C(O)C3CCOCC3)nc3nc(C#N)nc(-c4cncc(Cl)c4)c32)CC1. The van der Waals surface area contributed by atoms with Gasteiger partial charge < -0.3 is 14.4 Å². The molecule has 1 saturated heterocycles. The topological polar surface area (TPSA) is 110 Å². The lowest BCUT2D eigenvalue weighted by atomic mass is 9.83. The second-order valence-electron chi connectivity index (χ2n) is 9.67. The summed E-state index contributed by atoms with van der Waals surface area (Å²) in [4.78, 5) is 18.0. The number of ether oxygens (including phenoxy) is 1. The number of aromatic nitrogens is 5. The number of pyridine rings is 1. The summed E-state index contributed by atoms with van der Waals surface area (Å²) < 4.78 is 7.61. The van der Waals surface area contributed by atoms with Gasteiger partial charge in [0.2, 0.25) is 5.82 Å². The normalized spacial score (nSPS) is 22.5. The summed E-state index contributed by atoms with van der Waals surface area (Å²) in [6.45, 7) is 4.32. The molecule has 34 heavy (non-hydrogen) atoms. The van der Waals surface area contributed by atoms with Gasteiger partial charge in [0.25, 0.3) is 0 Å². The molecular formula is C25H29ClN6O2. The average Bonchev–Trinajstić information content (AvgIpc) is 3.23. The van der Waals surface area contributed by atoms with Crippen molar-refractivity contribution in [1.82, 2.24) is 24.5 Å². The van der Waals surface area contributed by atoms with Crippen LogP contribution in [0.1, 0.15) is 63.2 Å². The van der Waals surface area contributed by atoms with Crippen molar-refractivity contribution in [2.45, 2.75) is 58.1 Å². The van der Waals surface area contributed by atoms with Crippen LogP contribution in [-0.4, -0.2) is 42.8 Å². The molecule has 0 aromatic carbocycles. The van der Waals surface area contributed by atoms with Crippen LogP contribution >= 0.6 is 11.6 Å². The summed E-state index contributed by atoms with van der Waals surface area (Å²) in [6.07, 6.45) is 8.76. The van der Waals surface area contributed by atoms with E-state index in [2.05, 4.69) is 26.4 Å². The second-order valence-corrected chi connectivity index (χ2v) is 10.1. The summed E-state index contributed by atoms with van der Waals surface area (Å²) in [6, 6.07) is 3.83. The molecule has 2 fully saturated rings. The van der Waals surface area contributed by atoms with E-state index in [0.29, 0.717) is 46.9 Å². The number of hydrogen-bond donors (Lipinski definition) is 1. The molecule has 0 bridgehead atoms. The van der Waals surface area contributed by atoms with Gasteiger partial charge in [0.15, 0.2) is 5.65 Å². The monoisotopic (exact) mass is 480 g/mol. The van der Waals surface area contributed by atoms with E-state index in [-0.39, 0.29) is 11.7 Å². The first-order valence-corrected chi connectivity index (χ1v) is 12.5. The van der Waals surface area contributed by atoms with Gasteiger partial charge in [0.1, 0.15) is 29.2 Å². The minimum absolute atomic E-state index is 0.0331. The molecule has 2 aliphatic rings. The van der Waals surface area contributed by atoms with Crippen LogP contribution in [0, 0.1) is 29.1 Å². The van der Waals surface area contributed by atoms with Crippen LogP contribution in [0.2, 0.25) is 5.02 Å².